The summed E-state index contributed by atoms with van der Waals surface area (Å²) in [4.78, 5) is 25.1. The van der Waals surface area contributed by atoms with E-state index in [4.69, 9.17) is 11.6 Å². The molecule has 3 aromatic rings. The smallest absolute Gasteiger partial charge is 0.267 e. The molecular weight excluding hydrogens is 362 g/mol. The molecular formula is C21H20ClN3O2. The van der Waals surface area contributed by atoms with E-state index in [1.54, 1.807) is 18.2 Å². The summed E-state index contributed by atoms with van der Waals surface area (Å²) in [5.41, 5.74) is 2.71. The van der Waals surface area contributed by atoms with Gasteiger partial charge in [0.25, 0.3) is 5.56 Å². The van der Waals surface area contributed by atoms with Crippen LogP contribution in [0.3, 0.4) is 0 Å². The number of hydrogen-bond donors (Lipinski definition) is 1. The number of rotatable bonds is 5. The lowest BCUT2D eigenvalue weighted by Gasteiger charge is -2.18. The van der Waals surface area contributed by atoms with Gasteiger partial charge in [-0.05, 0) is 37.1 Å². The minimum Gasteiger partial charge on any atom is -0.324 e. The topological polar surface area (TPSA) is 64.0 Å². The fourth-order valence-corrected chi connectivity index (χ4v) is 2.96. The van der Waals surface area contributed by atoms with Crippen LogP contribution in [0.15, 0.2) is 65.5 Å². The third kappa shape index (κ3) is 4.26. The number of anilines is 1. The number of benzene rings is 2. The molecule has 0 saturated carbocycles. The Balaban J connectivity index is 1.91. The van der Waals surface area contributed by atoms with Gasteiger partial charge in [-0.3, -0.25) is 9.59 Å². The Kier molecular flexibility index (Phi) is 5.72. The highest BCUT2D eigenvalue weighted by Crippen LogP contribution is 2.22. The molecule has 0 aliphatic heterocycles. The standard InChI is InChI=1S/C21H20ClN3O2/c1-3-19(21(27)23-16-10-9-14(2)17(22)13-16)25-20(26)12-11-18(24-25)15-7-5-4-6-8-15/h4-13,19H,3H2,1-2H3,(H,23,27)/t19-/m1/s1. The first kappa shape index (κ1) is 18.9. The highest BCUT2D eigenvalue weighted by atomic mass is 35.5. The molecule has 0 aliphatic rings. The van der Waals surface area contributed by atoms with Gasteiger partial charge in [-0.2, -0.15) is 5.10 Å². The maximum Gasteiger partial charge on any atom is 0.267 e. The Morgan fingerprint density at radius 3 is 2.56 bits per heavy atom. The van der Waals surface area contributed by atoms with Crippen LogP contribution >= 0.6 is 11.6 Å². The molecule has 1 amide bonds. The summed E-state index contributed by atoms with van der Waals surface area (Å²) >= 11 is 6.12. The number of carbonyl (C=O) groups excluding carboxylic acids is 1. The molecule has 1 atom stereocenters. The Morgan fingerprint density at radius 1 is 1.15 bits per heavy atom. The molecule has 1 aromatic heterocycles. The fourth-order valence-electron chi connectivity index (χ4n) is 2.78. The van der Waals surface area contributed by atoms with E-state index in [-0.39, 0.29) is 11.5 Å². The van der Waals surface area contributed by atoms with E-state index in [0.29, 0.717) is 22.8 Å². The van der Waals surface area contributed by atoms with Crippen LogP contribution in [0, 0.1) is 6.92 Å². The van der Waals surface area contributed by atoms with Crippen LogP contribution < -0.4 is 10.9 Å². The average molecular weight is 382 g/mol. The number of aryl methyl sites for hydroxylation is 1. The van der Waals surface area contributed by atoms with E-state index in [9.17, 15) is 9.59 Å². The first-order chi connectivity index (χ1) is 13.0. The lowest BCUT2D eigenvalue weighted by atomic mass is 10.1. The van der Waals surface area contributed by atoms with E-state index in [1.165, 1.54) is 10.7 Å². The molecule has 0 aliphatic carbocycles. The van der Waals surface area contributed by atoms with Crippen molar-refractivity contribution in [1.82, 2.24) is 9.78 Å². The van der Waals surface area contributed by atoms with Crippen molar-refractivity contribution >= 4 is 23.2 Å². The Bertz CT molecular complexity index is 1020. The summed E-state index contributed by atoms with van der Waals surface area (Å²) in [6, 6.07) is 17.2. The number of nitrogens with zero attached hydrogens (tertiary/aromatic N) is 2. The molecule has 1 N–H and O–H groups in total. The van der Waals surface area contributed by atoms with E-state index >= 15 is 0 Å². The van der Waals surface area contributed by atoms with Crippen LogP contribution in [0.4, 0.5) is 5.69 Å². The average Bonchev–Trinajstić information content (AvgIpc) is 2.67. The van der Waals surface area contributed by atoms with E-state index < -0.39 is 6.04 Å². The normalized spacial score (nSPS) is 11.8. The Morgan fingerprint density at radius 2 is 1.89 bits per heavy atom. The second-order valence-electron chi connectivity index (χ2n) is 6.24. The second-order valence-corrected chi connectivity index (χ2v) is 6.65. The summed E-state index contributed by atoms with van der Waals surface area (Å²) in [6.45, 7) is 3.73. The number of nitrogens with one attached hydrogen (secondary N) is 1. The van der Waals surface area contributed by atoms with Crippen LogP contribution in [0.5, 0.6) is 0 Å². The summed E-state index contributed by atoms with van der Waals surface area (Å²) in [5.74, 6) is -0.308. The van der Waals surface area contributed by atoms with Crippen LogP contribution in [-0.4, -0.2) is 15.7 Å². The van der Waals surface area contributed by atoms with Crippen molar-refractivity contribution < 1.29 is 4.79 Å². The van der Waals surface area contributed by atoms with E-state index in [0.717, 1.165) is 11.1 Å². The van der Waals surface area contributed by atoms with Crippen LogP contribution in [0.2, 0.25) is 5.02 Å². The first-order valence-corrected chi connectivity index (χ1v) is 9.09. The molecule has 2 aromatic carbocycles. The molecule has 0 bridgehead atoms. The number of aromatic nitrogens is 2. The van der Waals surface area contributed by atoms with Gasteiger partial charge in [0.2, 0.25) is 5.91 Å². The fraction of sp³-hybridized carbons (Fsp3) is 0.190. The third-order valence-electron chi connectivity index (χ3n) is 4.32. The Hall–Kier alpha value is -2.92. The molecule has 27 heavy (non-hydrogen) atoms. The highest BCUT2D eigenvalue weighted by Gasteiger charge is 2.21. The van der Waals surface area contributed by atoms with Crippen molar-refractivity contribution in [2.24, 2.45) is 0 Å². The number of halogens is 1. The predicted molar refractivity (Wildman–Crippen MR) is 108 cm³/mol. The van der Waals surface area contributed by atoms with Gasteiger partial charge < -0.3 is 5.32 Å². The lowest BCUT2D eigenvalue weighted by Crippen LogP contribution is -2.34. The maximum atomic E-state index is 12.8. The molecule has 1 heterocycles. The molecule has 0 fully saturated rings. The minimum absolute atomic E-state index is 0.308. The summed E-state index contributed by atoms with van der Waals surface area (Å²) in [5, 5.41) is 7.82. The second kappa shape index (κ2) is 8.18. The van der Waals surface area contributed by atoms with E-state index in [1.807, 2.05) is 50.2 Å². The summed E-state index contributed by atoms with van der Waals surface area (Å²) < 4.78 is 1.24. The zero-order chi connectivity index (χ0) is 19.4. The predicted octanol–water partition coefficient (Wildman–Crippen LogP) is 4.46. The van der Waals surface area contributed by atoms with Crippen LogP contribution in [-0.2, 0) is 4.79 Å². The molecule has 5 nitrogen and oxygen atoms in total. The van der Waals surface area contributed by atoms with Crippen molar-refractivity contribution in [1.29, 1.82) is 0 Å². The van der Waals surface area contributed by atoms with Gasteiger partial charge in [0, 0.05) is 22.3 Å². The first-order valence-electron chi connectivity index (χ1n) is 8.72. The minimum atomic E-state index is -0.721. The maximum absolute atomic E-state index is 12.8. The quantitative estimate of drug-likeness (QED) is 0.709. The largest absolute Gasteiger partial charge is 0.324 e. The van der Waals surface area contributed by atoms with Gasteiger partial charge >= 0.3 is 0 Å². The SMILES string of the molecule is CC[C@H](C(=O)Nc1ccc(C)c(Cl)c1)n1nc(-c2ccccc2)ccc1=O. The summed E-state index contributed by atoms with van der Waals surface area (Å²) in [7, 11) is 0. The zero-order valence-corrected chi connectivity index (χ0v) is 15.9. The van der Waals surface area contributed by atoms with Crippen molar-refractivity contribution in [3.63, 3.8) is 0 Å². The number of amides is 1. The van der Waals surface area contributed by atoms with Crippen LogP contribution in [0.25, 0.3) is 11.3 Å². The number of carbonyl (C=O) groups is 1. The monoisotopic (exact) mass is 381 g/mol. The van der Waals surface area contributed by atoms with Gasteiger partial charge in [-0.15, -0.1) is 0 Å². The van der Waals surface area contributed by atoms with Gasteiger partial charge in [0.05, 0.1) is 5.69 Å². The molecule has 6 heteroatoms. The molecule has 0 radical (unpaired) electrons. The Labute approximate surface area is 162 Å². The molecule has 0 saturated heterocycles. The van der Waals surface area contributed by atoms with Gasteiger partial charge in [-0.25, -0.2) is 4.68 Å². The van der Waals surface area contributed by atoms with Crippen molar-refractivity contribution in [3.05, 3.63) is 81.6 Å². The molecule has 0 spiro atoms. The van der Waals surface area contributed by atoms with Gasteiger partial charge in [0.1, 0.15) is 6.04 Å². The van der Waals surface area contributed by atoms with Gasteiger partial charge in [-0.1, -0.05) is 54.9 Å². The van der Waals surface area contributed by atoms with Crippen molar-refractivity contribution in [3.8, 4) is 11.3 Å². The van der Waals surface area contributed by atoms with E-state index in [2.05, 4.69) is 10.4 Å². The van der Waals surface area contributed by atoms with Crippen LogP contribution in [0.1, 0.15) is 24.9 Å². The van der Waals surface area contributed by atoms with Crippen molar-refractivity contribution in [2.75, 3.05) is 5.32 Å². The summed E-state index contributed by atoms with van der Waals surface area (Å²) in [6.07, 6.45) is 0.427. The zero-order valence-electron chi connectivity index (χ0n) is 15.1. The lowest BCUT2D eigenvalue weighted by molar-refractivity contribution is -0.119. The molecule has 138 valence electrons. The highest BCUT2D eigenvalue weighted by molar-refractivity contribution is 6.31. The van der Waals surface area contributed by atoms with Gasteiger partial charge in [0.15, 0.2) is 0 Å². The third-order valence-corrected chi connectivity index (χ3v) is 4.73. The van der Waals surface area contributed by atoms with Crippen molar-refractivity contribution in [2.45, 2.75) is 26.3 Å². The molecule has 0 unspecified atom stereocenters. The number of hydrogen-bond acceptors (Lipinski definition) is 3. The molecule has 3 rings (SSSR count).